The number of fused-ring (bicyclic) bond motifs is 1. The first-order chi connectivity index (χ1) is 15.3. The minimum Gasteiger partial charge on any atom is -0.493 e. The van der Waals surface area contributed by atoms with Crippen molar-refractivity contribution < 1.29 is 27.1 Å². The number of anilines is 2. The number of halogens is 1. The van der Waals surface area contributed by atoms with Crippen LogP contribution in [0.3, 0.4) is 0 Å². The fourth-order valence-electron chi connectivity index (χ4n) is 3.50. The molecule has 6 nitrogen and oxygen atoms in total. The van der Waals surface area contributed by atoms with Gasteiger partial charge >= 0.3 is 0 Å². The largest absolute Gasteiger partial charge is 0.493 e. The SMILES string of the molecule is COc1ccc(C(=O)C2=CN(c3ccc(C)c(F)c3)c3ccccc3S2(=O)=O)cc1OC. The zero-order chi connectivity index (χ0) is 23.0. The Labute approximate surface area is 185 Å². The lowest BCUT2D eigenvalue weighted by Gasteiger charge is -2.29. The van der Waals surface area contributed by atoms with Gasteiger partial charge in [0, 0.05) is 17.5 Å². The number of hydrogen-bond donors (Lipinski definition) is 0. The van der Waals surface area contributed by atoms with Crippen LogP contribution in [0.2, 0.25) is 0 Å². The monoisotopic (exact) mass is 453 g/mol. The summed E-state index contributed by atoms with van der Waals surface area (Å²) in [5, 5.41) is 0. The molecule has 0 unspecified atom stereocenters. The third-order valence-corrected chi connectivity index (χ3v) is 7.05. The fourth-order valence-corrected chi connectivity index (χ4v) is 5.05. The van der Waals surface area contributed by atoms with Gasteiger partial charge in [-0.25, -0.2) is 12.8 Å². The zero-order valence-corrected chi connectivity index (χ0v) is 18.4. The maximum Gasteiger partial charge on any atom is 0.214 e. The minimum atomic E-state index is -4.12. The van der Waals surface area contributed by atoms with Crippen LogP contribution in [0, 0.1) is 12.7 Å². The number of aryl methyl sites for hydroxylation is 1. The van der Waals surface area contributed by atoms with E-state index in [4.69, 9.17) is 9.47 Å². The predicted molar refractivity (Wildman–Crippen MR) is 119 cm³/mol. The molecule has 3 aromatic rings. The van der Waals surface area contributed by atoms with Crippen molar-refractivity contribution >= 4 is 27.0 Å². The van der Waals surface area contributed by atoms with Gasteiger partial charge in [-0.05, 0) is 55.0 Å². The maximum atomic E-state index is 14.3. The van der Waals surface area contributed by atoms with E-state index >= 15 is 0 Å². The van der Waals surface area contributed by atoms with E-state index in [-0.39, 0.29) is 10.5 Å². The molecule has 1 aliphatic heterocycles. The Morgan fingerprint density at radius 3 is 2.34 bits per heavy atom. The summed E-state index contributed by atoms with van der Waals surface area (Å²) in [5.74, 6) is -0.440. The number of carbonyl (C=O) groups is 1. The van der Waals surface area contributed by atoms with Crippen molar-refractivity contribution in [1.29, 1.82) is 0 Å². The molecule has 0 N–H and O–H groups in total. The number of hydrogen-bond acceptors (Lipinski definition) is 6. The van der Waals surface area contributed by atoms with Crippen molar-refractivity contribution in [3.8, 4) is 11.5 Å². The third-order valence-electron chi connectivity index (χ3n) is 5.25. The normalized spacial score (nSPS) is 14.4. The van der Waals surface area contributed by atoms with E-state index in [9.17, 15) is 17.6 Å². The number of Topliss-reactive ketones (excluding diaryl/α,β-unsaturated/α-hetero) is 1. The Morgan fingerprint density at radius 1 is 0.938 bits per heavy atom. The van der Waals surface area contributed by atoms with E-state index in [0.29, 0.717) is 28.4 Å². The molecule has 8 heteroatoms. The second-order valence-electron chi connectivity index (χ2n) is 7.17. The molecule has 0 spiro atoms. The first kappa shape index (κ1) is 21.6. The summed E-state index contributed by atoms with van der Waals surface area (Å²) < 4.78 is 51.4. The quantitative estimate of drug-likeness (QED) is 0.517. The molecule has 164 valence electrons. The van der Waals surface area contributed by atoms with E-state index in [2.05, 4.69) is 0 Å². The predicted octanol–water partition coefficient (Wildman–Crippen LogP) is 4.80. The Morgan fingerprint density at radius 2 is 1.66 bits per heavy atom. The molecule has 0 aromatic heterocycles. The highest BCUT2D eigenvalue weighted by atomic mass is 32.2. The van der Waals surface area contributed by atoms with Gasteiger partial charge in [-0.15, -0.1) is 0 Å². The van der Waals surface area contributed by atoms with E-state index in [1.165, 1.54) is 55.7 Å². The van der Waals surface area contributed by atoms with Crippen molar-refractivity contribution in [2.24, 2.45) is 0 Å². The molecular formula is C24H20FNO5S. The Hall–Kier alpha value is -3.65. The lowest BCUT2D eigenvalue weighted by Crippen LogP contribution is -2.25. The molecule has 0 bridgehead atoms. The molecule has 4 rings (SSSR count). The number of nitrogens with zero attached hydrogens (tertiary/aromatic N) is 1. The summed E-state index contributed by atoms with van der Waals surface area (Å²) in [7, 11) is -1.24. The lowest BCUT2D eigenvalue weighted by molar-refractivity contribution is 0.104. The minimum absolute atomic E-state index is 0.0349. The van der Waals surface area contributed by atoms with Gasteiger partial charge in [0.05, 0.1) is 24.8 Å². The second kappa shape index (κ2) is 8.12. The van der Waals surface area contributed by atoms with E-state index < -0.39 is 26.3 Å². The Bertz CT molecular complexity index is 1360. The number of benzene rings is 3. The molecule has 0 amide bonds. The van der Waals surface area contributed by atoms with Crippen LogP contribution in [0.1, 0.15) is 15.9 Å². The van der Waals surface area contributed by atoms with Gasteiger partial charge in [-0.2, -0.15) is 0 Å². The summed E-state index contributed by atoms with van der Waals surface area (Å²) in [6, 6.07) is 15.3. The summed E-state index contributed by atoms with van der Waals surface area (Å²) in [4.78, 5) is 14.4. The smallest absolute Gasteiger partial charge is 0.214 e. The number of allylic oxidation sites excluding steroid dienone is 1. The molecule has 0 saturated carbocycles. The number of carbonyl (C=O) groups excluding carboxylic acids is 1. The van der Waals surface area contributed by atoms with Gasteiger partial charge in [0.15, 0.2) is 11.5 Å². The standard InChI is InChI=1S/C24H20FNO5S/c1-15-8-10-17(13-18(15)25)26-14-23(32(28,29)22-7-5-4-6-19(22)26)24(27)16-9-11-20(30-2)21(12-16)31-3/h4-14H,1-3H3. The molecular weight excluding hydrogens is 433 g/mol. The lowest BCUT2D eigenvalue weighted by atomic mass is 10.1. The van der Waals surface area contributed by atoms with Gasteiger partial charge in [0.1, 0.15) is 10.7 Å². The van der Waals surface area contributed by atoms with Crippen LogP contribution in [-0.4, -0.2) is 28.4 Å². The maximum absolute atomic E-state index is 14.3. The zero-order valence-electron chi connectivity index (χ0n) is 17.6. The van der Waals surface area contributed by atoms with Crippen molar-refractivity contribution in [1.82, 2.24) is 0 Å². The topological polar surface area (TPSA) is 72.9 Å². The van der Waals surface area contributed by atoms with Gasteiger partial charge in [-0.3, -0.25) is 4.79 Å². The van der Waals surface area contributed by atoms with Crippen molar-refractivity contribution in [3.63, 3.8) is 0 Å². The van der Waals surface area contributed by atoms with Gasteiger partial charge in [-0.1, -0.05) is 18.2 Å². The number of methoxy groups -OCH3 is 2. The Kier molecular flexibility index (Phi) is 5.48. The average molecular weight is 453 g/mol. The van der Waals surface area contributed by atoms with Crippen molar-refractivity contribution in [2.45, 2.75) is 11.8 Å². The molecule has 3 aromatic carbocycles. The fraction of sp³-hybridized carbons (Fsp3) is 0.125. The van der Waals surface area contributed by atoms with Crippen LogP contribution < -0.4 is 14.4 Å². The second-order valence-corrected chi connectivity index (χ2v) is 9.05. The number of para-hydroxylation sites is 1. The number of ketones is 1. The summed E-state index contributed by atoms with van der Waals surface area (Å²) >= 11 is 0. The molecule has 0 saturated heterocycles. The third kappa shape index (κ3) is 3.52. The molecule has 1 heterocycles. The van der Waals surface area contributed by atoms with Crippen molar-refractivity contribution in [3.05, 3.63) is 88.7 Å². The molecule has 0 radical (unpaired) electrons. The van der Waals surface area contributed by atoms with Crippen LogP contribution in [0.25, 0.3) is 0 Å². The molecule has 32 heavy (non-hydrogen) atoms. The highest BCUT2D eigenvalue weighted by molar-refractivity contribution is 7.96. The van der Waals surface area contributed by atoms with Crippen LogP contribution in [-0.2, 0) is 9.84 Å². The van der Waals surface area contributed by atoms with E-state index in [0.717, 1.165) is 0 Å². The molecule has 0 aliphatic carbocycles. The van der Waals surface area contributed by atoms with E-state index in [1.54, 1.807) is 37.3 Å². The van der Waals surface area contributed by atoms with Crippen LogP contribution >= 0.6 is 0 Å². The van der Waals surface area contributed by atoms with Crippen molar-refractivity contribution in [2.75, 3.05) is 19.1 Å². The van der Waals surface area contributed by atoms with Crippen LogP contribution in [0.5, 0.6) is 11.5 Å². The van der Waals surface area contributed by atoms with Gasteiger partial charge in [0.2, 0.25) is 15.6 Å². The number of ether oxygens (including phenoxy) is 2. The number of rotatable bonds is 5. The first-order valence-electron chi connectivity index (χ1n) is 9.66. The van der Waals surface area contributed by atoms with Gasteiger partial charge in [0.25, 0.3) is 0 Å². The molecule has 1 aliphatic rings. The molecule has 0 fully saturated rings. The summed E-state index contributed by atoms with van der Waals surface area (Å²) in [5.41, 5.74) is 1.30. The number of sulfone groups is 1. The van der Waals surface area contributed by atoms with Crippen LogP contribution in [0.4, 0.5) is 15.8 Å². The summed E-state index contributed by atoms with van der Waals surface area (Å²) in [6.07, 6.45) is 1.24. The first-order valence-corrected chi connectivity index (χ1v) is 11.1. The Balaban J connectivity index is 1.90. The highest BCUT2D eigenvalue weighted by Gasteiger charge is 2.36. The van der Waals surface area contributed by atoms with Gasteiger partial charge < -0.3 is 14.4 Å². The molecule has 0 atom stereocenters. The van der Waals surface area contributed by atoms with Crippen LogP contribution in [0.15, 0.2) is 76.7 Å². The highest BCUT2D eigenvalue weighted by Crippen LogP contribution is 2.41. The average Bonchev–Trinajstić information content (AvgIpc) is 2.80. The summed E-state index contributed by atoms with van der Waals surface area (Å²) in [6.45, 7) is 1.63. The van der Waals surface area contributed by atoms with E-state index in [1.807, 2.05) is 0 Å².